The maximum absolute atomic E-state index is 8.69. The van der Waals surface area contributed by atoms with E-state index in [1.807, 2.05) is 0 Å². The third kappa shape index (κ3) is 1.24. The fraction of sp³-hybridized carbons (Fsp3) is 0.714. The molecule has 0 aromatic heterocycles. The molecule has 2 unspecified atom stereocenters. The smallest absolute Gasteiger partial charge is 0.124 e. The Morgan fingerprint density at radius 1 is 1.89 bits per heavy atom. The highest BCUT2D eigenvalue weighted by Gasteiger charge is 2.26. The summed E-state index contributed by atoms with van der Waals surface area (Å²) in [5, 5.41) is 8.69. The molecule has 1 fully saturated rings. The molecule has 0 spiro atoms. The molecule has 1 aliphatic heterocycles. The minimum absolute atomic E-state index is 0.00231. The summed E-state index contributed by atoms with van der Waals surface area (Å²) in [6.07, 6.45) is 0.892. The Morgan fingerprint density at radius 3 is 2.78 bits per heavy atom. The van der Waals surface area contributed by atoms with Crippen molar-refractivity contribution in [2.45, 2.75) is 19.4 Å². The molecular weight excluding hydrogens is 116 g/mol. The zero-order valence-electron chi connectivity index (χ0n) is 5.63. The molecular formula is C7H12O2. The maximum atomic E-state index is 8.69. The Balaban J connectivity index is 2.47. The molecule has 2 atom stereocenters. The molecule has 1 rings (SSSR count). The van der Waals surface area contributed by atoms with Crippen molar-refractivity contribution in [2.75, 3.05) is 6.61 Å². The molecule has 0 radical (unpaired) electrons. The predicted octanol–water partition coefficient (Wildman–Crippen LogP) is 0.917. The van der Waals surface area contributed by atoms with Gasteiger partial charge in [0.05, 0.1) is 12.4 Å². The lowest BCUT2D eigenvalue weighted by Gasteiger charge is -2.09. The minimum Gasteiger partial charge on any atom is -0.493 e. The highest BCUT2D eigenvalue weighted by atomic mass is 16.5. The van der Waals surface area contributed by atoms with Crippen molar-refractivity contribution in [2.24, 2.45) is 5.92 Å². The zero-order chi connectivity index (χ0) is 6.85. The van der Waals surface area contributed by atoms with Gasteiger partial charge in [0.15, 0.2) is 0 Å². The monoisotopic (exact) mass is 128 g/mol. The first kappa shape index (κ1) is 6.62. The Labute approximate surface area is 55.1 Å². The van der Waals surface area contributed by atoms with Crippen LogP contribution in [-0.2, 0) is 4.74 Å². The van der Waals surface area contributed by atoms with Gasteiger partial charge in [-0.25, -0.2) is 0 Å². The van der Waals surface area contributed by atoms with E-state index in [1.54, 1.807) is 0 Å². The molecule has 0 amide bonds. The van der Waals surface area contributed by atoms with Gasteiger partial charge in [0.1, 0.15) is 6.10 Å². The lowest BCUT2D eigenvalue weighted by Crippen LogP contribution is -2.17. The van der Waals surface area contributed by atoms with E-state index >= 15 is 0 Å². The Morgan fingerprint density at radius 2 is 2.56 bits per heavy atom. The third-order valence-electron chi connectivity index (χ3n) is 1.68. The standard InChI is InChI=1S/C7H12O2/c1-5-3-6(2)9-7(5)4-8/h5,7-8H,2-4H2,1H3. The van der Waals surface area contributed by atoms with Crippen molar-refractivity contribution in [3.05, 3.63) is 12.3 Å². The summed E-state index contributed by atoms with van der Waals surface area (Å²) in [5.74, 6) is 1.24. The van der Waals surface area contributed by atoms with E-state index in [2.05, 4.69) is 13.5 Å². The molecule has 9 heavy (non-hydrogen) atoms. The van der Waals surface area contributed by atoms with Crippen LogP contribution in [0.1, 0.15) is 13.3 Å². The fourth-order valence-electron chi connectivity index (χ4n) is 1.09. The Kier molecular flexibility index (Phi) is 1.76. The van der Waals surface area contributed by atoms with Crippen molar-refractivity contribution in [3.63, 3.8) is 0 Å². The summed E-state index contributed by atoms with van der Waals surface area (Å²) in [7, 11) is 0. The molecule has 52 valence electrons. The van der Waals surface area contributed by atoms with Crippen LogP contribution in [0.15, 0.2) is 12.3 Å². The second kappa shape index (κ2) is 2.40. The highest BCUT2D eigenvalue weighted by Crippen LogP contribution is 2.26. The van der Waals surface area contributed by atoms with Gasteiger partial charge in [-0.3, -0.25) is 0 Å². The van der Waals surface area contributed by atoms with Crippen LogP contribution in [0.4, 0.5) is 0 Å². The second-order valence-corrected chi connectivity index (χ2v) is 2.56. The van der Waals surface area contributed by atoms with Crippen molar-refractivity contribution in [1.29, 1.82) is 0 Å². The Bertz CT molecular complexity index is 120. The van der Waals surface area contributed by atoms with Crippen LogP contribution in [0.3, 0.4) is 0 Å². The molecule has 0 aromatic rings. The summed E-state index contributed by atoms with van der Waals surface area (Å²) in [5.41, 5.74) is 0. The number of aliphatic hydroxyl groups excluding tert-OH is 1. The fourth-order valence-corrected chi connectivity index (χ4v) is 1.09. The number of hydrogen-bond donors (Lipinski definition) is 1. The van der Waals surface area contributed by atoms with E-state index in [4.69, 9.17) is 9.84 Å². The van der Waals surface area contributed by atoms with Crippen LogP contribution in [0, 0.1) is 5.92 Å². The van der Waals surface area contributed by atoms with Gasteiger partial charge in [0.25, 0.3) is 0 Å². The lowest BCUT2D eigenvalue weighted by molar-refractivity contribution is 0.0710. The maximum Gasteiger partial charge on any atom is 0.124 e. The van der Waals surface area contributed by atoms with E-state index < -0.39 is 0 Å². The van der Waals surface area contributed by atoms with Gasteiger partial charge in [-0.1, -0.05) is 13.5 Å². The van der Waals surface area contributed by atoms with Gasteiger partial charge >= 0.3 is 0 Å². The average Bonchev–Trinajstić information content (AvgIpc) is 2.10. The summed E-state index contributed by atoms with van der Waals surface area (Å²) in [4.78, 5) is 0. The summed E-state index contributed by atoms with van der Waals surface area (Å²) in [6, 6.07) is 0. The molecule has 1 N–H and O–H groups in total. The van der Waals surface area contributed by atoms with E-state index in [1.165, 1.54) is 0 Å². The lowest BCUT2D eigenvalue weighted by atomic mass is 10.0. The molecule has 2 heteroatoms. The minimum atomic E-state index is -0.00231. The molecule has 0 saturated carbocycles. The number of allylic oxidation sites excluding steroid dienone is 1. The largest absolute Gasteiger partial charge is 0.493 e. The van der Waals surface area contributed by atoms with Crippen molar-refractivity contribution in [3.8, 4) is 0 Å². The topological polar surface area (TPSA) is 29.5 Å². The van der Waals surface area contributed by atoms with Gasteiger partial charge in [-0.15, -0.1) is 0 Å². The van der Waals surface area contributed by atoms with Gasteiger partial charge in [-0.2, -0.15) is 0 Å². The molecule has 0 aliphatic carbocycles. The van der Waals surface area contributed by atoms with Crippen molar-refractivity contribution < 1.29 is 9.84 Å². The van der Waals surface area contributed by atoms with E-state index in [0.29, 0.717) is 5.92 Å². The van der Waals surface area contributed by atoms with Crippen LogP contribution < -0.4 is 0 Å². The summed E-state index contributed by atoms with van der Waals surface area (Å²) < 4.78 is 5.18. The molecule has 1 heterocycles. The van der Waals surface area contributed by atoms with E-state index in [0.717, 1.165) is 12.2 Å². The summed E-state index contributed by atoms with van der Waals surface area (Å²) in [6.45, 7) is 5.84. The number of aliphatic hydroxyl groups is 1. The normalized spacial score (nSPS) is 34.7. The first-order chi connectivity index (χ1) is 4.24. The first-order valence-electron chi connectivity index (χ1n) is 3.19. The molecule has 0 bridgehead atoms. The van der Waals surface area contributed by atoms with Crippen LogP contribution in [0.5, 0.6) is 0 Å². The first-order valence-corrected chi connectivity index (χ1v) is 3.19. The highest BCUT2D eigenvalue weighted by molar-refractivity contribution is 4.94. The predicted molar refractivity (Wildman–Crippen MR) is 34.9 cm³/mol. The van der Waals surface area contributed by atoms with Crippen LogP contribution in [0.25, 0.3) is 0 Å². The SMILES string of the molecule is C=C1CC(C)C(CO)O1. The molecule has 2 nitrogen and oxygen atoms in total. The average molecular weight is 128 g/mol. The zero-order valence-corrected chi connectivity index (χ0v) is 5.63. The Hall–Kier alpha value is -0.500. The van der Waals surface area contributed by atoms with E-state index in [9.17, 15) is 0 Å². The number of ether oxygens (including phenoxy) is 1. The van der Waals surface area contributed by atoms with Gasteiger partial charge in [-0.05, 0) is 0 Å². The quantitative estimate of drug-likeness (QED) is 0.569. The number of rotatable bonds is 1. The van der Waals surface area contributed by atoms with Crippen LogP contribution >= 0.6 is 0 Å². The van der Waals surface area contributed by atoms with Crippen molar-refractivity contribution >= 4 is 0 Å². The molecule has 0 aromatic carbocycles. The van der Waals surface area contributed by atoms with Gasteiger partial charge in [0.2, 0.25) is 0 Å². The van der Waals surface area contributed by atoms with Crippen molar-refractivity contribution in [1.82, 2.24) is 0 Å². The molecule has 1 saturated heterocycles. The van der Waals surface area contributed by atoms with E-state index in [-0.39, 0.29) is 12.7 Å². The number of hydrogen-bond acceptors (Lipinski definition) is 2. The second-order valence-electron chi connectivity index (χ2n) is 2.56. The van der Waals surface area contributed by atoms with Gasteiger partial charge < -0.3 is 9.84 Å². The van der Waals surface area contributed by atoms with Gasteiger partial charge in [0, 0.05) is 12.3 Å². The summed E-state index contributed by atoms with van der Waals surface area (Å²) >= 11 is 0. The van der Waals surface area contributed by atoms with Crippen LogP contribution in [-0.4, -0.2) is 17.8 Å². The third-order valence-corrected chi connectivity index (χ3v) is 1.68. The van der Waals surface area contributed by atoms with Crippen LogP contribution in [0.2, 0.25) is 0 Å². The molecule has 1 aliphatic rings.